The van der Waals surface area contributed by atoms with Gasteiger partial charge in [-0.2, -0.15) is 5.10 Å². The van der Waals surface area contributed by atoms with Gasteiger partial charge in [0.2, 0.25) is 5.91 Å². The lowest BCUT2D eigenvalue weighted by Crippen LogP contribution is -2.19. The smallest absolute Gasteiger partial charge is 0.226 e. The van der Waals surface area contributed by atoms with Crippen molar-refractivity contribution in [2.45, 2.75) is 40.7 Å². The van der Waals surface area contributed by atoms with Crippen molar-refractivity contribution in [2.75, 3.05) is 5.32 Å². The number of allylic oxidation sites excluding steroid dienone is 1. The fraction of sp³-hybridized carbons (Fsp3) is 0.467. The Balaban J connectivity index is 2.27. The van der Waals surface area contributed by atoms with Gasteiger partial charge in [-0.3, -0.25) is 14.5 Å². The third kappa shape index (κ3) is 4.35. The maximum atomic E-state index is 12.1. The average Bonchev–Trinajstić information content (AvgIpc) is 2.92. The van der Waals surface area contributed by atoms with E-state index in [-0.39, 0.29) is 11.3 Å². The molecule has 0 unspecified atom stereocenters. The van der Waals surface area contributed by atoms with Gasteiger partial charge in [0.05, 0.1) is 10.6 Å². The van der Waals surface area contributed by atoms with Crippen LogP contribution in [-0.4, -0.2) is 25.7 Å². The Morgan fingerprint density at radius 2 is 2.22 bits per heavy atom. The van der Waals surface area contributed by atoms with Crippen LogP contribution in [0.15, 0.2) is 12.7 Å². The van der Waals surface area contributed by atoms with Crippen molar-refractivity contribution in [3.63, 3.8) is 0 Å². The van der Waals surface area contributed by atoms with Crippen LogP contribution in [0.2, 0.25) is 0 Å². The van der Waals surface area contributed by atoms with E-state index in [9.17, 15) is 4.79 Å². The summed E-state index contributed by atoms with van der Waals surface area (Å²) in [5.41, 5.74) is 0.742. The first-order valence-corrected chi connectivity index (χ1v) is 8.47. The van der Waals surface area contributed by atoms with E-state index in [2.05, 4.69) is 27.1 Å². The lowest BCUT2D eigenvalue weighted by atomic mass is 9.92. The Hall–Kier alpha value is -1.80. The second-order valence-corrected chi connectivity index (χ2v) is 7.86. The third-order valence-electron chi connectivity index (χ3n) is 3.01. The summed E-state index contributed by atoms with van der Waals surface area (Å²) >= 11 is 6.62. The van der Waals surface area contributed by atoms with E-state index >= 15 is 0 Å². The van der Waals surface area contributed by atoms with E-state index in [1.165, 1.54) is 11.3 Å². The highest BCUT2D eigenvalue weighted by Gasteiger charge is 2.19. The van der Waals surface area contributed by atoms with Gasteiger partial charge in [-0.25, -0.2) is 4.98 Å². The van der Waals surface area contributed by atoms with Crippen LogP contribution >= 0.6 is 23.6 Å². The molecule has 0 bridgehead atoms. The van der Waals surface area contributed by atoms with Crippen LogP contribution in [-0.2, 0) is 11.3 Å². The number of carbonyl (C=O) groups excluding carboxylic acids is 1. The summed E-state index contributed by atoms with van der Waals surface area (Å²) < 4.78 is 2.38. The standard InChI is InChI=1S/C15H21N5OS2/c1-6-7-20-12(18-19-14(20)22)11-9(2)16-13(23-11)17-10(21)8-15(3,4)5/h6H,1,7-8H2,2-5H3,(H,19,22)(H,16,17,21). The molecule has 0 aromatic carbocycles. The molecule has 0 atom stereocenters. The van der Waals surface area contributed by atoms with Crippen molar-refractivity contribution in [1.82, 2.24) is 19.7 Å². The third-order valence-corrected chi connectivity index (χ3v) is 4.39. The van der Waals surface area contributed by atoms with Gasteiger partial charge in [0.1, 0.15) is 0 Å². The Kier molecular flexibility index (Phi) is 5.16. The monoisotopic (exact) mass is 351 g/mol. The number of rotatable bonds is 5. The number of anilines is 1. The fourth-order valence-corrected chi connectivity index (χ4v) is 3.28. The first-order valence-electron chi connectivity index (χ1n) is 7.25. The van der Waals surface area contributed by atoms with Gasteiger partial charge >= 0.3 is 0 Å². The zero-order valence-electron chi connectivity index (χ0n) is 13.8. The molecule has 2 N–H and O–H groups in total. The van der Waals surface area contributed by atoms with E-state index in [0.717, 1.165) is 10.6 Å². The maximum absolute atomic E-state index is 12.1. The normalized spacial score (nSPS) is 11.5. The summed E-state index contributed by atoms with van der Waals surface area (Å²) in [6.45, 7) is 12.3. The van der Waals surface area contributed by atoms with E-state index in [4.69, 9.17) is 12.2 Å². The molecule has 0 aliphatic rings. The molecular formula is C15H21N5OS2. The predicted octanol–water partition coefficient (Wildman–Crippen LogP) is 3.93. The Morgan fingerprint density at radius 3 is 2.83 bits per heavy atom. The summed E-state index contributed by atoms with van der Waals surface area (Å²) in [5, 5.41) is 10.5. The van der Waals surface area contributed by atoms with Gasteiger partial charge in [-0.05, 0) is 24.6 Å². The largest absolute Gasteiger partial charge is 0.302 e. The lowest BCUT2D eigenvalue weighted by Gasteiger charge is -2.16. The van der Waals surface area contributed by atoms with Crippen molar-refractivity contribution >= 4 is 34.6 Å². The first kappa shape index (κ1) is 17.6. The number of nitrogens with zero attached hydrogens (tertiary/aromatic N) is 3. The van der Waals surface area contributed by atoms with Crippen LogP contribution in [0.25, 0.3) is 10.7 Å². The summed E-state index contributed by atoms with van der Waals surface area (Å²) in [4.78, 5) is 17.4. The minimum absolute atomic E-state index is 0.0391. The molecule has 0 spiro atoms. The van der Waals surface area contributed by atoms with Crippen molar-refractivity contribution in [2.24, 2.45) is 5.41 Å². The summed E-state index contributed by atoms with van der Waals surface area (Å²) in [6.07, 6.45) is 2.20. The highest BCUT2D eigenvalue weighted by Crippen LogP contribution is 2.32. The number of hydrogen-bond acceptors (Lipinski definition) is 5. The second-order valence-electron chi connectivity index (χ2n) is 6.47. The molecule has 124 valence electrons. The Bertz CT molecular complexity index is 779. The van der Waals surface area contributed by atoms with Crippen molar-refractivity contribution in [3.8, 4) is 10.7 Å². The number of aryl methyl sites for hydroxylation is 1. The fourth-order valence-electron chi connectivity index (χ4n) is 2.09. The molecule has 0 aliphatic carbocycles. The molecule has 0 saturated carbocycles. The molecule has 2 aromatic heterocycles. The van der Waals surface area contributed by atoms with Crippen molar-refractivity contribution < 1.29 is 4.79 Å². The molecule has 8 heteroatoms. The molecule has 0 radical (unpaired) electrons. The lowest BCUT2D eigenvalue weighted by molar-refractivity contribution is -0.117. The molecule has 1 amide bonds. The molecular weight excluding hydrogens is 330 g/mol. The topological polar surface area (TPSA) is 75.6 Å². The van der Waals surface area contributed by atoms with Crippen LogP contribution in [0, 0.1) is 17.1 Å². The van der Waals surface area contributed by atoms with Gasteiger partial charge in [0.15, 0.2) is 15.7 Å². The Morgan fingerprint density at radius 1 is 1.52 bits per heavy atom. The molecule has 2 aromatic rings. The number of amides is 1. The minimum atomic E-state index is -0.0639. The number of carbonyl (C=O) groups is 1. The first-order chi connectivity index (χ1) is 10.7. The zero-order valence-corrected chi connectivity index (χ0v) is 15.4. The Labute approximate surface area is 144 Å². The van der Waals surface area contributed by atoms with E-state index in [1.54, 1.807) is 6.08 Å². The number of aromatic nitrogens is 4. The number of nitrogens with one attached hydrogen (secondary N) is 2. The van der Waals surface area contributed by atoms with Gasteiger partial charge < -0.3 is 5.32 Å². The van der Waals surface area contributed by atoms with Crippen LogP contribution in [0.3, 0.4) is 0 Å². The summed E-state index contributed by atoms with van der Waals surface area (Å²) in [5.74, 6) is 0.670. The molecule has 23 heavy (non-hydrogen) atoms. The molecule has 2 heterocycles. The highest BCUT2D eigenvalue weighted by atomic mass is 32.1. The van der Waals surface area contributed by atoms with Gasteiger partial charge in [-0.1, -0.05) is 38.2 Å². The van der Waals surface area contributed by atoms with Crippen molar-refractivity contribution in [1.29, 1.82) is 0 Å². The van der Waals surface area contributed by atoms with Crippen LogP contribution in [0.1, 0.15) is 32.9 Å². The van der Waals surface area contributed by atoms with Crippen LogP contribution in [0.4, 0.5) is 5.13 Å². The highest BCUT2D eigenvalue weighted by molar-refractivity contribution is 7.71. The van der Waals surface area contributed by atoms with Gasteiger partial charge in [0, 0.05) is 13.0 Å². The zero-order chi connectivity index (χ0) is 17.2. The van der Waals surface area contributed by atoms with E-state index in [0.29, 0.717) is 28.7 Å². The SMILES string of the molecule is C=CCn1c(-c2sc(NC(=O)CC(C)(C)C)nc2C)n[nH]c1=S. The number of hydrogen-bond donors (Lipinski definition) is 2. The molecule has 0 saturated heterocycles. The number of aromatic amines is 1. The second kappa shape index (κ2) is 6.76. The average molecular weight is 352 g/mol. The maximum Gasteiger partial charge on any atom is 0.226 e. The van der Waals surface area contributed by atoms with Crippen molar-refractivity contribution in [3.05, 3.63) is 23.1 Å². The van der Waals surface area contributed by atoms with Gasteiger partial charge in [0.25, 0.3) is 0 Å². The van der Waals surface area contributed by atoms with E-state index < -0.39 is 0 Å². The quantitative estimate of drug-likeness (QED) is 0.632. The van der Waals surface area contributed by atoms with Crippen LogP contribution in [0.5, 0.6) is 0 Å². The van der Waals surface area contributed by atoms with Crippen LogP contribution < -0.4 is 5.32 Å². The molecule has 0 fully saturated rings. The molecule has 2 rings (SSSR count). The van der Waals surface area contributed by atoms with E-state index in [1.807, 2.05) is 32.3 Å². The molecule has 6 nitrogen and oxygen atoms in total. The van der Waals surface area contributed by atoms with Gasteiger partial charge in [-0.15, -0.1) is 6.58 Å². The minimum Gasteiger partial charge on any atom is -0.302 e. The molecule has 0 aliphatic heterocycles. The summed E-state index contributed by atoms with van der Waals surface area (Å²) in [6, 6.07) is 0. The predicted molar refractivity (Wildman–Crippen MR) is 96.2 cm³/mol. The summed E-state index contributed by atoms with van der Waals surface area (Å²) in [7, 11) is 0. The number of thiazole rings is 1. The number of H-pyrrole nitrogens is 1.